The molecule has 0 unspecified atom stereocenters. The molecular weight excluding hydrogens is 217 g/mol. The highest BCUT2D eigenvalue weighted by atomic mass is 127. The van der Waals surface area contributed by atoms with Crippen LogP contribution in [0, 0.1) is 0 Å². The van der Waals surface area contributed by atoms with Gasteiger partial charge in [0, 0.05) is 35.7 Å². The van der Waals surface area contributed by atoms with E-state index >= 15 is 0 Å². The van der Waals surface area contributed by atoms with E-state index in [1.54, 1.807) is 34.5 Å². The fourth-order valence-corrected chi connectivity index (χ4v) is 0.760. The van der Waals surface area contributed by atoms with Crippen molar-refractivity contribution in [2.75, 3.05) is 7.05 Å². The second kappa shape index (κ2) is 3.27. The van der Waals surface area contributed by atoms with Gasteiger partial charge in [0.25, 0.3) is 3.91 Å². The largest absolute Gasteiger partial charge is 0.335 e. The van der Waals surface area contributed by atoms with Gasteiger partial charge in [-0.15, -0.1) is 0 Å². The monoisotopic (exact) mass is 227 g/mol. The van der Waals surface area contributed by atoms with Crippen LogP contribution in [0.25, 0.3) is 0 Å². The number of halogens is 1. The minimum Gasteiger partial charge on any atom is -0.335 e. The molecule has 0 spiro atoms. The Labute approximate surface area is 63.4 Å². The maximum absolute atomic E-state index is 10.5. The zero-order valence-corrected chi connectivity index (χ0v) is 7.47. The van der Waals surface area contributed by atoms with E-state index < -0.39 is 0 Å². The molecule has 0 atom stereocenters. The summed E-state index contributed by atoms with van der Waals surface area (Å²) < 4.78 is 0.0950. The third kappa shape index (κ3) is 2.49. The molecule has 0 aliphatic heterocycles. The first-order valence-corrected chi connectivity index (χ1v) is 3.56. The lowest BCUT2D eigenvalue weighted by molar-refractivity contribution is 0.226. The van der Waals surface area contributed by atoms with Gasteiger partial charge in [0.1, 0.15) is 0 Å². The fraction of sp³-hybridized carbons (Fsp3) is 0.800. The Morgan fingerprint density at radius 1 is 1.62 bits per heavy atom. The summed E-state index contributed by atoms with van der Waals surface area (Å²) in [6.45, 7) is 3.97. The van der Waals surface area contributed by atoms with Crippen molar-refractivity contribution < 1.29 is 4.79 Å². The van der Waals surface area contributed by atoms with Crippen LogP contribution in [0.1, 0.15) is 13.8 Å². The van der Waals surface area contributed by atoms with Gasteiger partial charge in [-0.1, -0.05) is 0 Å². The summed E-state index contributed by atoms with van der Waals surface area (Å²) in [7, 11) is 1.79. The number of amides is 1. The Morgan fingerprint density at radius 3 is 2.00 bits per heavy atom. The highest BCUT2D eigenvalue weighted by molar-refractivity contribution is 14.1. The Balaban J connectivity index is 3.64. The molecule has 3 heteroatoms. The number of nitrogens with zero attached hydrogens (tertiary/aromatic N) is 1. The van der Waals surface area contributed by atoms with E-state index in [0.29, 0.717) is 6.04 Å². The van der Waals surface area contributed by atoms with Crippen LogP contribution in [-0.2, 0) is 0 Å². The van der Waals surface area contributed by atoms with E-state index in [9.17, 15) is 4.79 Å². The highest BCUT2D eigenvalue weighted by Crippen LogP contribution is 2.00. The van der Waals surface area contributed by atoms with Crippen molar-refractivity contribution in [1.29, 1.82) is 0 Å². The predicted molar refractivity (Wildman–Crippen MR) is 42.3 cm³/mol. The quantitative estimate of drug-likeness (QED) is 0.380. The fourth-order valence-electron chi connectivity index (χ4n) is 0.203. The van der Waals surface area contributed by atoms with Gasteiger partial charge in [0.15, 0.2) is 0 Å². The van der Waals surface area contributed by atoms with Crippen LogP contribution < -0.4 is 0 Å². The van der Waals surface area contributed by atoms with E-state index in [2.05, 4.69) is 0 Å². The van der Waals surface area contributed by atoms with E-state index in [1.165, 1.54) is 0 Å². The second-order valence-electron chi connectivity index (χ2n) is 1.96. The molecule has 2 nitrogen and oxygen atoms in total. The zero-order valence-electron chi connectivity index (χ0n) is 5.31. The zero-order chi connectivity index (χ0) is 6.73. The third-order valence-electron chi connectivity index (χ3n) is 1.05. The average Bonchev–Trinajstić information content (AvgIpc) is 1.64. The molecule has 0 aromatic rings. The van der Waals surface area contributed by atoms with Crippen molar-refractivity contribution in [2.45, 2.75) is 19.9 Å². The third-order valence-corrected chi connectivity index (χ3v) is 1.81. The van der Waals surface area contributed by atoms with Crippen LogP contribution in [-0.4, -0.2) is 21.9 Å². The predicted octanol–water partition coefficient (Wildman–Crippen LogP) is 1.88. The molecule has 1 amide bonds. The van der Waals surface area contributed by atoms with Crippen LogP contribution in [0.3, 0.4) is 0 Å². The molecule has 0 rings (SSSR count). The second-order valence-corrected chi connectivity index (χ2v) is 2.88. The summed E-state index contributed by atoms with van der Waals surface area (Å²) in [5.74, 6) is 0. The molecule has 0 fully saturated rings. The molecule has 0 heterocycles. The maximum atomic E-state index is 10.5. The molecular formula is C5H10INO. The van der Waals surface area contributed by atoms with Gasteiger partial charge in [0.05, 0.1) is 0 Å². The first kappa shape index (κ1) is 8.20. The normalized spacial score (nSPS) is 9.62. The molecule has 0 aromatic heterocycles. The van der Waals surface area contributed by atoms with E-state index in [1.807, 2.05) is 13.8 Å². The van der Waals surface area contributed by atoms with E-state index in [0.717, 1.165) is 0 Å². The molecule has 0 radical (unpaired) electrons. The lowest BCUT2D eigenvalue weighted by atomic mass is 10.4. The summed E-state index contributed by atoms with van der Waals surface area (Å²) in [5.41, 5.74) is 0. The van der Waals surface area contributed by atoms with Crippen molar-refractivity contribution in [2.24, 2.45) is 0 Å². The first-order chi connectivity index (χ1) is 3.55. The maximum Gasteiger partial charge on any atom is 0.283 e. The number of carbonyl (C=O) groups is 1. The van der Waals surface area contributed by atoms with Crippen LogP contribution in [0.4, 0.5) is 4.79 Å². The van der Waals surface area contributed by atoms with Gasteiger partial charge in [-0.3, -0.25) is 4.79 Å². The van der Waals surface area contributed by atoms with Crippen molar-refractivity contribution in [3.8, 4) is 0 Å². The Kier molecular flexibility index (Phi) is 3.35. The molecule has 8 heavy (non-hydrogen) atoms. The number of carbonyl (C=O) groups excluding carboxylic acids is 1. The Hall–Kier alpha value is 0.200. The number of hydrogen-bond donors (Lipinski definition) is 0. The summed E-state index contributed by atoms with van der Waals surface area (Å²) >= 11 is 1.77. The van der Waals surface area contributed by atoms with Gasteiger partial charge < -0.3 is 4.90 Å². The summed E-state index contributed by atoms with van der Waals surface area (Å²) in [6, 6.07) is 0.319. The average molecular weight is 227 g/mol. The first-order valence-electron chi connectivity index (χ1n) is 2.48. The van der Waals surface area contributed by atoms with E-state index in [-0.39, 0.29) is 3.91 Å². The van der Waals surface area contributed by atoms with Crippen LogP contribution in [0.15, 0.2) is 0 Å². The lowest BCUT2D eigenvalue weighted by Gasteiger charge is -2.17. The standard InChI is InChI=1S/C5H10INO/c1-4(2)7(3)5(6)8/h4H,1-3H3. The van der Waals surface area contributed by atoms with Crippen molar-refractivity contribution in [3.63, 3.8) is 0 Å². The van der Waals surface area contributed by atoms with Gasteiger partial charge in [-0.2, -0.15) is 0 Å². The SMILES string of the molecule is CC(C)N(C)C(=O)I. The molecule has 0 N–H and O–H groups in total. The smallest absolute Gasteiger partial charge is 0.283 e. The Morgan fingerprint density at radius 2 is 2.00 bits per heavy atom. The van der Waals surface area contributed by atoms with Crippen molar-refractivity contribution >= 4 is 26.5 Å². The molecule has 0 aliphatic rings. The lowest BCUT2D eigenvalue weighted by Crippen LogP contribution is -2.27. The van der Waals surface area contributed by atoms with Gasteiger partial charge in [0.2, 0.25) is 0 Å². The summed E-state index contributed by atoms with van der Waals surface area (Å²) in [6.07, 6.45) is 0. The topological polar surface area (TPSA) is 20.3 Å². The van der Waals surface area contributed by atoms with Crippen molar-refractivity contribution in [3.05, 3.63) is 0 Å². The van der Waals surface area contributed by atoms with Crippen LogP contribution in [0.5, 0.6) is 0 Å². The number of rotatable bonds is 1. The van der Waals surface area contributed by atoms with Gasteiger partial charge >= 0.3 is 0 Å². The molecule has 0 saturated heterocycles. The van der Waals surface area contributed by atoms with E-state index in [4.69, 9.17) is 0 Å². The van der Waals surface area contributed by atoms with Gasteiger partial charge in [-0.25, -0.2) is 0 Å². The molecule has 0 saturated carbocycles. The summed E-state index contributed by atoms with van der Waals surface area (Å²) in [4.78, 5) is 12.2. The molecule has 48 valence electrons. The molecule has 0 aliphatic carbocycles. The minimum absolute atomic E-state index is 0.0950. The number of hydrogen-bond acceptors (Lipinski definition) is 1. The van der Waals surface area contributed by atoms with Crippen LogP contribution in [0.2, 0.25) is 0 Å². The highest BCUT2D eigenvalue weighted by Gasteiger charge is 2.05. The van der Waals surface area contributed by atoms with Crippen LogP contribution >= 0.6 is 22.6 Å². The van der Waals surface area contributed by atoms with Gasteiger partial charge in [-0.05, 0) is 13.8 Å². The minimum atomic E-state index is 0.0950. The Bertz CT molecular complexity index is 92.4. The van der Waals surface area contributed by atoms with Crippen molar-refractivity contribution in [1.82, 2.24) is 4.90 Å². The molecule has 0 aromatic carbocycles. The summed E-state index contributed by atoms with van der Waals surface area (Å²) in [5, 5.41) is 0. The molecule has 0 bridgehead atoms.